The number of ether oxygens (including phenoxy) is 1. The van der Waals surface area contributed by atoms with Crippen LogP contribution in [0.3, 0.4) is 0 Å². The van der Waals surface area contributed by atoms with E-state index in [1.807, 2.05) is 12.2 Å². The Labute approximate surface area is 127 Å². The standard InChI is InChI=1S/C5H5.C4H8O.2HI.V/c2*1-2-4-5-3-1;;;/h1-3H,4H2;1-4H2;2*1H;/q-1;;;;+2/p-2. The maximum Gasteiger partial charge on any atom is 2.00 e. The molecule has 1 fully saturated rings. The summed E-state index contributed by atoms with van der Waals surface area (Å²) >= 11 is 0. The van der Waals surface area contributed by atoms with Gasteiger partial charge in [-0.2, -0.15) is 6.08 Å². The van der Waals surface area contributed by atoms with E-state index in [9.17, 15) is 0 Å². The van der Waals surface area contributed by atoms with Crippen LogP contribution in [0.5, 0.6) is 0 Å². The van der Waals surface area contributed by atoms with Gasteiger partial charge in [-0.1, -0.05) is 0 Å². The second kappa shape index (κ2) is 15.9. The van der Waals surface area contributed by atoms with E-state index >= 15 is 0 Å². The van der Waals surface area contributed by atoms with Crippen molar-refractivity contribution in [2.24, 2.45) is 0 Å². The zero-order chi connectivity index (χ0) is 7.07. The molecule has 1 nitrogen and oxygen atoms in total. The topological polar surface area (TPSA) is 9.23 Å². The Bertz CT molecular complexity index is 116. The predicted octanol–water partition coefficient (Wildman–Crippen LogP) is -3.89. The van der Waals surface area contributed by atoms with Crippen molar-refractivity contribution in [1.29, 1.82) is 0 Å². The summed E-state index contributed by atoms with van der Waals surface area (Å²) in [5, 5.41) is 0. The van der Waals surface area contributed by atoms with Crippen molar-refractivity contribution in [3.8, 4) is 0 Å². The van der Waals surface area contributed by atoms with E-state index in [0.717, 1.165) is 19.6 Å². The molecule has 0 amide bonds. The molecule has 2 aliphatic rings. The van der Waals surface area contributed by atoms with Gasteiger partial charge in [0, 0.05) is 13.2 Å². The van der Waals surface area contributed by atoms with Gasteiger partial charge in [-0.15, -0.1) is 6.42 Å². The summed E-state index contributed by atoms with van der Waals surface area (Å²) in [6, 6.07) is 0. The SMILES string of the molecule is C1CCOC1.[C-]1=CC=CC1.[I-].[I-].[V+2]. The quantitative estimate of drug-likeness (QED) is 0.276. The smallest absolute Gasteiger partial charge is 1.00 e. The second-order valence-corrected chi connectivity index (χ2v) is 2.32. The van der Waals surface area contributed by atoms with E-state index in [0.29, 0.717) is 0 Å². The van der Waals surface area contributed by atoms with Crippen molar-refractivity contribution in [3.05, 3.63) is 24.3 Å². The molecular weight excluding hydrogens is 429 g/mol. The van der Waals surface area contributed by atoms with Gasteiger partial charge in [0.15, 0.2) is 0 Å². The maximum absolute atomic E-state index is 4.94. The van der Waals surface area contributed by atoms with Gasteiger partial charge in [-0.3, -0.25) is 6.08 Å². The van der Waals surface area contributed by atoms with Crippen molar-refractivity contribution in [2.45, 2.75) is 19.3 Å². The van der Waals surface area contributed by atoms with Gasteiger partial charge in [0.2, 0.25) is 0 Å². The molecule has 0 spiro atoms. The normalized spacial score (nSPS) is 16.0. The summed E-state index contributed by atoms with van der Waals surface area (Å²) in [7, 11) is 0. The molecule has 2 rings (SSSR count). The van der Waals surface area contributed by atoms with Gasteiger partial charge in [0.1, 0.15) is 0 Å². The minimum absolute atomic E-state index is 0. The number of rotatable bonds is 0. The molecule has 75 valence electrons. The molecule has 0 bridgehead atoms. The summed E-state index contributed by atoms with van der Waals surface area (Å²) in [5.41, 5.74) is 0. The van der Waals surface area contributed by atoms with Crippen molar-refractivity contribution in [3.63, 3.8) is 0 Å². The van der Waals surface area contributed by atoms with E-state index in [1.54, 1.807) is 0 Å². The number of halogens is 2. The first-order valence-corrected chi connectivity index (χ1v) is 3.79. The third-order valence-corrected chi connectivity index (χ3v) is 1.41. The third kappa shape index (κ3) is 13.5. The summed E-state index contributed by atoms with van der Waals surface area (Å²) in [6.07, 6.45) is 12.6. The van der Waals surface area contributed by atoms with Crippen molar-refractivity contribution in [2.75, 3.05) is 13.2 Å². The molecule has 13 heavy (non-hydrogen) atoms. The summed E-state index contributed by atoms with van der Waals surface area (Å²) < 4.78 is 4.94. The maximum atomic E-state index is 4.94. The van der Waals surface area contributed by atoms with Gasteiger partial charge in [0.05, 0.1) is 0 Å². The van der Waals surface area contributed by atoms with Gasteiger partial charge >= 0.3 is 18.6 Å². The third-order valence-electron chi connectivity index (χ3n) is 1.41. The molecule has 0 saturated carbocycles. The van der Waals surface area contributed by atoms with Crippen LogP contribution in [0.25, 0.3) is 0 Å². The predicted molar refractivity (Wildman–Crippen MR) is 41.6 cm³/mol. The van der Waals surface area contributed by atoms with Crippen LogP contribution in [0, 0.1) is 6.08 Å². The van der Waals surface area contributed by atoms with Gasteiger partial charge in [-0.25, -0.2) is 12.2 Å². The molecule has 0 unspecified atom stereocenters. The molecule has 0 atom stereocenters. The molecule has 1 heterocycles. The van der Waals surface area contributed by atoms with E-state index in [4.69, 9.17) is 4.74 Å². The van der Waals surface area contributed by atoms with Crippen LogP contribution < -0.4 is 48.0 Å². The van der Waals surface area contributed by atoms with E-state index < -0.39 is 0 Å². The molecule has 1 radical (unpaired) electrons. The Hall–Kier alpha value is 1.48. The van der Waals surface area contributed by atoms with Gasteiger partial charge in [-0.05, 0) is 12.8 Å². The Morgan fingerprint density at radius 1 is 1.08 bits per heavy atom. The molecule has 0 N–H and O–H groups in total. The molecule has 0 aromatic rings. The number of allylic oxidation sites excluding steroid dienone is 4. The zero-order valence-corrected chi connectivity index (χ0v) is 13.1. The Morgan fingerprint density at radius 2 is 1.69 bits per heavy atom. The Morgan fingerprint density at radius 3 is 1.85 bits per heavy atom. The molecule has 1 aliphatic carbocycles. The van der Waals surface area contributed by atoms with Crippen LogP contribution in [0.1, 0.15) is 19.3 Å². The number of hydrogen-bond donors (Lipinski definition) is 0. The molecule has 1 saturated heterocycles. The first-order valence-electron chi connectivity index (χ1n) is 3.79. The summed E-state index contributed by atoms with van der Waals surface area (Å²) in [6.45, 7) is 2.00. The van der Waals surface area contributed by atoms with Crippen LogP contribution in [0.2, 0.25) is 0 Å². The summed E-state index contributed by atoms with van der Waals surface area (Å²) in [4.78, 5) is 0. The molecule has 0 aromatic carbocycles. The van der Waals surface area contributed by atoms with Crippen LogP contribution in [-0.2, 0) is 23.3 Å². The first-order chi connectivity index (χ1) is 5.00. The van der Waals surface area contributed by atoms with Crippen LogP contribution >= 0.6 is 0 Å². The van der Waals surface area contributed by atoms with Crippen molar-refractivity contribution >= 4 is 0 Å². The molecule has 0 aromatic heterocycles. The molecular formula is C9H13I2OV-. The van der Waals surface area contributed by atoms with Crippen LogP contribution in [0.4, 0.5) is 0 Å². The van der Waals surface area contributed by atoms with Crippen LogP contribution in [-0.4, -0.2) is 13.2 Å². The van der Waals surface area contributed by atoms with E-state index in [2.05, 4.69) is 12.2 Å². The second-order valence-electron chi connectivity index (χ2n) is 2.32. The van der Waals surface area contributed by atoms with Crippen molar-refractivity contribution < 1.29 is 71.2 Å². The monoisotopic (exact) mass is 442 g/mol. The fourth-order valence-corrected chi connectivity index (χ4v) is 0.851. The van der Waals surface area contributed by atoms with Crippen molar-refractivity contribution in [1.82, 2.24) is 0 Å². The van der Waals surface area contributed by atoms with E-state index in [-0.39, 0.29) is 66.5 Å². The zero-order valence-electron chi connectivity index (χ0n) is 7.38. The fourth-order valence-electron chi connectivity index (χ4n) is 0.851. The molecule has 1 aliphatic heterocycles. The Kier molecular flexibility index (Phi) is 24.5. The largest absolute Gasteiger partial charge is 2.00 e. The fraction of sp³-hybridized carbons (Fsp3) is 0.556. The minimum Gasteiger partial charge on any atom is -1.00 e. The van der Waals surface area contributed by atoms with Crippen LogP contribution in [0.15, 0.2) is 18.2 Å². The van der Waals surface area contributed by atoms with Gasteiger partial charge < -0.3 is 52.7 Å². The first kappa shape index (κ1) is 20.0. The average Bonchev–Trinajstić information content (AvgIpc) is 2.67. The Balaban J connectivity index is -0.000000125. The van der Waals surface area contributed by atoms with Gasteiger partial charge in [0.25, 0.3) is 0 Å². The average molecular weight is 442 g/mol. The molecule has 4 heteroatoms. The summed E-state index contributed by atoms with van der Waals surface area (Å²) in [5.74, 6) is 0. The number of hydrogen-bond acceptors (Lipinski definition) is 1. The van der Waals surface area contributed by atoms with E-state index in [1.165, 1.54) is 12.8 Å². The minimum atomic E-state index is 0.